The molecule has 0 saturated carbocycles. The fourth-order valence-electron chi connectivity index (χ4n) is 6.04. The quantitative estimate of drug-likeness (QED) is 0.0350. The smallest absolute Gasteiger partial charge is 0.249 e. The van der Waals surface area contributed by atoms with Gasteiger partial charge in [0.15, 0.2) is 0 Å². The molecule has 1 amide bonds. The fourth-order valence-corrected chi connectivity index (χ4v) is 6.04. The third-order valence-corrected chi connectivity index (χ3v) is 9.23. The van der Waals surface area contributed by atoms with E-state index in [1.54, 1.807) is 0 Å². The van der Waals surface area contributed by atoms with E-state index in [2.05, 4.69) is 31.3 Å². The first-order chi connectivity index (χ1) is 22.0. The Morgan fingerprint density at radius 2 is 0.889 bits per heavy atom. The van der Waals surface area contributed by atoms with Crippen molar-refractivity contribution in [3.05, 3.63) is 12.2 Å². The SMILES string of the molecule is CCCCCCCCCCC/C=C\CCCCCCCCC(O)C(=O)NC(CO)C(O)C(O)CCCCCCCCCCCC. The standard InChI is InChI=1S/C39H77NO5/c1-3-5-7-9-11-13-15-16-17-18-19-20-21-22-23-25-27-29-31-33-37(43)39(45)40-35(34-41)38(44)36(42)32-30-28-26-24-14-12-10-8-6-4-2/h19-20,35-38,41-44H,3-18,21-34H2,1-2H3,(H,40,45)/b20-19-. The molecule has 268 valence electrons. The zero-order valence-corrected chi connectivity index (χ0v) is 29.9. The molecule has 0 bridgehead atoms. The molecule has 0 aliphatic rings. The zero-order valence-electron chi connectivity index (χ0n) is 29.9. The Balaban J connectivity index is 3.76. The van der Waals surface area contributed by atoms with E-state index in [0.29, 0.717) is 12.8 Å². The molecule has 0 aromatic rings. The minimum atomic E-state index is -1.26. The number of aliphatic hydroxyl groups excluding tert-OH is 4. The van der Waals surface area contributed by atoms with Gasteiger partial charge in [-0.2, -0.15) is 0 Å². The number of carbonyl (C=O) groups is 1. The average Bonchev–Trinajstić information content (AvgIpc) is 3.04. The summed E-state index contributed by atoms with van der Waals surface area (Å²) >= 11 is 0. The van der Waals surface area contributed by atoms with Gasteiger partial charge in [-0.1, -0.05) is 174 Å². The maximum absolute atomic E-state index is 12.4. The lowest BCUT2D eigenvalue weighted by atomic mass is 9.99. The van der Waals surface area contributed by atoms with Gasteiger partial charge in [0.25, 0.3) is 0 Å². The Morgan fingerprint density at radius 3 is 1.29 bits per heavy atom. The molecular formula is C39H77NO5. The molecule has 4 atom stereocenters. The van der Waals surface area contributed by atoms with Crippen LogP contribution in [0.1, 0.15) is 200 Å². The third-order valence-electron chi connectivity index (χ3n) is 9.23. The van der Waals surface area contributed by atoms with Gasteiger partial charge in [0, 0.05) is 0 Å². The topological polar surface area (TPSA) is 110 Å². The molecule has 0 aromatic heterocycles. The van der Waals surface area contributed by atoms with Crippen molar-refractivity contribution in [2.75, 3.05) is 6.61 Å². The highest BCUT2D eigenvalue weighted by atomic mass is 16.3. The molecule has 5 N–H and O–H groups in total. The number of hydrogen-bond acceptors (Lipinski definition) is 5. The van der Waals surface area contributed by atoms with Crippen LogP contribution in [0, 0.1) is 0 Å². The van der Waals surface area contributed by atoms with Crippen molar-refractivity contribution < 1.29 is 25.2 Å². The predicted molar refractivity (Wildman–Crippen MR) is 191 cm³/mol. The second kappa shape index (κ2) is 34.4. The summed E-state index contributed by atoms with van der Waals surface area (Å²) in [7, 11) is 0. The van der Waals surface area contributed by atoms with Gasteiger partial charge in [0.05, 0.1) is 18.8 Å². The first-order valence-corrected chi connectivity index (χ1v) is 19.6. The first-order valence-electron chi connectivity index (χ1n) is 19.6. The van der Waals surface area contributed by atoms with E-state index in [0.717, 1.165) is 44.9 Å². The van der Waals surface area contributed by atoms with Crippen LogP contribution in [0.4, 0.5) is 0 Å². The average molecular weight is 640 g/mol. The van der Waals surface area contributed by atoms with Crippen molar-refractivity contribution in [1.29, 1.82) is 0 Å². The van der Waals surface area contributed by atoms with Crippen LogP contribution in [0.25, 0.3) is 0 Å². The lowest BCUT2D eigenvalue weighted by molar-refractivity contribution is -0.132. The number of allylic oxidation sites excluding steroid dienone is 2. The first kappa shape index (κ1) is 44.0. The molecule has 0 spiro atoms. The van der Waals surface area contributed by atoms with Crippen molar-refractivity contribution >= 4 is 5.91 Å². The van der Waals surface area contributed by atoms with Crippen molar-refractivity contribution in [3.63, 3.8) is 0 Å². The molecule has 4 unspecified atom stereocenters. The molecule has 0 saturated heterocycles. The van der Waals surface area contributed by atoms with Crippen molar-refractivity contribution in [1.82, 2.24) is 5.32 Å². The van der Waals surface area contributed by atoms with Crippen LogP contribution in [0.3, 0.4) is 0 Å². The van der Waals surface area contributed by atoms with E-state index < -0.39 is 36.9 Å². The van der Waals surface area contributed by atoms with Crippen LogP contribution >= 0.6 is 0 Å². The Labute approximate surface area is 279 Å². The van der Waals surface area contributed by atoms with Gasteiger partial charge in [-0.15, -0.1) is 0 Å². The Morgan fingerprint density at radius 1 is 0.533 bits per heavy atom. The summed E-state index contributed by atoms with van der Waals surface area (Å²) in [5.41, 5.74) is 0. The van der Waals surface area contributed by atoms with E-state index in [9.17, 15) is 25.2 Å². The molecule has 6 heteroatoms. The van der Waals surface area contributed by atoms with Gasteiger partial charge in [-0.3, -0.25) is 4.79 Å². The predicted octanol–water partition coefficient (Wildman–Crippen LogP) is 9.46. The number of aliphatic hydroxyl groups is 4. The highest BCUT2D eigenvalue weighted by molar-refractivity contribution is 5.80. The maximum atomic E-state index is 12.4. The van der Waals surface area contributed by atoms with Gasteiger partial charge >= 0.3 is 0 Å². The maximum Gasteiger partial charge on any atom is 0.249 e. The molecular weight excluding hydrogens is 562 g/mol. The van der Waals surface area contributed by atoms with Crippen LogP contribution < -0.4 is 5.32 Å². The second-order valence-electron chi connectivity index (χ2n) is 13.6. The highest BCUT2D eigenvalue weighted by Gasteiger charge is 2.28. The molecule has 0 rings (SSSR count). The molecule has 0 heterocycles. The lowest BCUT2D eigenvalue weighted by Crippen LogP contribution is -2.53. The van der Waals surface area contributed by atoms with E-state index >= 15 is 0 Å². The van der Waals surface area contributed by atoms with Crippen LogP contribution in [0.15, 0.2) is 12.2 Å². The normalized spacial score (nSPS) is 14.5. The summed E-state index contributed by atoms with van der Waals surface area (Å²) in [6.45, 7) is 4.02. The van der Waals surface area contributed by atoms with Gasteiger partial charge in [-0.25, -0.2) is 0 Å². The molecule has 0 fully saturated rings. The number of carbonyl (C=O) groups excluding carboxylic acids is 1. The van der Waals surface area contributed by atoms with Gasteiger partial charge in [0.2, 0.25) is 5.91 Å². The number of hydrogen-bond donors (Lipinski definition) is 5. The van der Waals surface area contributed by atoms with Crippen molar-refractivity contribution in [2.45, 2.75) is 224 Å². The summed E-state index contributed by atoms with van der Waals surface area (Å²) in [6.07, 6.45) is 35.2. The third kappa shape index (κ3) is 29.0. The lowest BCUT2D eigenvalue weighted by Gasteiger charge is -2.27. The monoisotopic (exact) mass is 640 g/mol. The van der Waals surface area contributed by atoms with Gasteiger partial charge < -0.3 is 25.7 Å². The molecule has 0 radical (unpaired) electrons. The minimum Gasteiger partial charge on any atom is -0.394 e. The van der Waals surface area contributed by atoms with Crippen molar-refractivity contribution in [3.8, 4) is 0 Å². The fraction of sp³-hybridized carbons (Fsp3) is 0.923. The van der Waals surface area contributed by atoms with Crippen LogP contribution in [-0.4, -0.2) is 57.3 Å². The van der Waals surface area contributed by atoms with E-state index in [1.165, 1.54) is 128 Å². The van der Waals surface area contributed by atoms with E-state index in [1.807, 2.05) is 0 Å². The molecule has 45 heavy (non-hydrogen) atoms. The summed E-state index contributed by atoms with van der Waals surface area (Å²) < 4.78 is 0. The highest BCUT2D eigenvalue weighted by Crippen LogP contribution is 2.15. The van der Waals surface area contributed by atoms with Crippen LogP contribution in [0.2, 0.25) is 0 Å². The Hall–Kier alpha value is -0.950. The number of nitrogens with one attached hydrogen (secondary N) is 1. The van der Waals surface area contributed by atoms with E-state index in [-0.39, 0.29) is 0 Å². The number of rotatable bonds is 35. The van der Waals surface area contributed by atoms with Crippen LogP contribution in [0.5, 0.6) is 0 Å². The number of unbranched alkanes of at least 4 members (excludes halogenated alkanes) is 24. The summed E-state index contributed by atoms with van der Waals surface area (Å²) in [5, 5.41) is 43.4. The molecule has 0 aliphatic heterocycles. The minimum absolute atomic E-state index is 0.364. The molecule has 0 aromatic carbocycles. The zero-order chi connectivity index (χ0) is 33.2. The molecule has 0 aliphatic carbocycles. The van der Waals surface area contributed by atoms with Gasteiger partial charge in [-0.05, 0) is 38.5 Å². The second-order valence-corrected chi connectivity index (χ2v) is 13.6. The number of amides is 1. The largest absolute Gasteiger partial charge is 0.394 e. The van der Waals surface area contributed by atoms with Crippen LogP contribution in [-0.2, 0) is 4.79 Å². The molecule has 6 nitrogen and oxygen atoms in total. The summed E-state index contributed by atoms with van der Waals surface area (Å²) in [5.74, 6) is -0.589. The summed E-state index contributed by atoms with van der Waals surface area (Å²) in [6, 6.07) is -0.982. The Bertz CT molecular complexity index is 643. The van der Waals surface area contributed by atoms with Gasteiger partial charge in [0.1, 0.15) is 12.2 Å². The van der Waals surface area contributed by atoms with E-state index in [4.69, 9.17) is 0 Å². The summed E-state index contributed by atoms with van der Waals surface area (Å²) in [4.78, 5) is 12.4. The Kier molecular flexibility index (Phi) is 33.7. The van der Waals surface area contributed by atoms with Crippen molar-refractivity contribution in [2.24, 2.45) is 0 Å².